The summed E-state index contributed by atoms with van der Waals surface area (Å²) in [6, 6.07) is 14.5. The molecule has 1 aromatic heterocycles. The Kier molecular flexibility index (Phi) is 5.09. The number of amides is 1. The predicted octanol–water partition coefficient (Wildman–Crippen LogP) is 3.64. The van der Waals surface area contributed by atoms with Gasteiger partial charge in [0.05, 0.1) is 18.4 Å². The lowest BCUT2D eigenvalue weighted by Gasteiger charge is -2.09. The van der Waals surface area contributed by atoms with Crippen molar-refractivity contribution in [1.82, 2.24) is 9.78 Å². The van der Waals surface area contributed by atoms with Crippen LogP contribution in [-0.4, -0.2) is 15.7 Å². The van der Waals surface area contributed by atoms with Gasteiger partial charge in [-0.2, -0.15) is 5.10 Å². The minimum absolute atomic E-state index is 0.195. The van der Waals surface area contributed by atoms with E-state index in [-0.39, 0.29) is 11.7 Å². The number of aromatic nitrogens is 2. The van der Waals surface area contributed by atoms with Gasteiger partial charge in [0, 0.05) is 30.9 Å². The van der Waals surface area contributed by atoms with Crippen molar-refractivity contribution in [3.63, 3.8) is 0 Å². The van der Waals surface area contributed by atoms with Gasteiger partial charge < -0.3 is 10.6 Å². The summed E-state index contributed by atoms with van der Waals surface area (Å²) in [5.74, 6) is -0.564. The quantitative estimate of drug-likeness (QED) is 0.721. The molecule has 5 nitrogen and oxygen atoms in total. The summed E-state index contributed by atoms with van der Waals surface area (Å²) in [5.41, 5.74) is 3.00. The molecule has 0 saturated heterocycles. The van der Waals surface area contributed by atoms with Crippen molar-refractivity contribution in [3.05, 3.63) is 77.9 Å². The Morgan fingerprint density at radius 1 is 1.16 bits per heavy atom. The number of benzene rings is 2. The van der Waals surface area contributed by atoms with Crippen LogP contribution in [0.2, 0.25) is 0 Å². The van der Waals surface area contributed by atoms with Crippen LogP contribution in [0.15, 0.2) is 60.9 Å². The van der Waals surface area contributed by atoms with Gasteiger partial charge in [0.2, 0.25) is 5.91 Å². The standard InChI is InChI=1S/C19H19FN4O/c1-14(25)23-17-7-8-18(20)19(9-17)21-10-16-11-22-24(13-16)12-15-5-3-2-4-6-15/h2-9,11,13,21H,10,12H2,1H3,(H,23,25). The number of halogens is 1. The average Bonchev–Trinajstić information content (AvgIpc) is 3.03. The lowest BCUT2D eigenvalue weighted by molar-refractivity contribution is -0.114. The van der Waals surface area contributed by atoms with Gasteiger partial charge in [0.15, 0.2) is 0 Å². The molecule has 1 heterocycles. The fourth-order valence-corrected chi connectivity index (χ4v) is 2.49. The smallest absolute Gasteiger partial charge is 0.221 e. The molecule has 0 radical (unpaired) electrons. The van der Waals surface area contributed by atoms with Crippen molar-refractivity contribution in [2.24, 2.45) is 0 Å². The predicted molar refractivity (Wildman–Crippen MR) is 95.8 cm³/mol. The molecule has 0 atom stereocenters. The summed E-state index contributed by atoms with van der Waals surface area (Å²) in [6.07, 6.45) is 3.68. The molecule has 2 N–H and O–H groups in total. The van der Waals surface area contributed by atoms with Crippen molar-refractivity contribution in [1.29, 1.82) is 0 Å². The van der Waals surface area contributed by atoms with Gasteiger partial charge in [-0.3, -0.25) is 9.48 Å². The minimum Gasteiger partial charge on any atom is -0.378 e. The average molecular weight is 338 g/mol. The summed E-state index contributed by atoms with van der Waals surface area (Å²) in [4.78, 5) is 11.1. The number of hydrogen-bond donors (Lipinski definition) is 2. The number of nitrogens with one attached hydrogen (secondary N) is 2. The zero-order chi connectivity index (χ0) is 17.6. The molecule has 128 valence electrons. The van der Waals surface area contributed by atoms with Crippen LogP contribution in [0, 0.1) is 5.82 Å². The fraction of sp³-hybridized carbons (Fsp3) is 0.158. The second-order valence-electron chi connectivity index (χ2n) is 5.76. The number of carbonyl (C=O) groups excluding carboxylic acids is 1. The van der Waals surface area contributed by atoms with Crippen LogP contribution in [0.5, 0.6) is 0 Å². The number of nitrogens with zero attached hydrogens (tertiary/aromatic N) is 2. The molecule has 3 rings (SSSR count). The van der Waals surface area contributed by atoms with E-state index >= 15 is 0 Å². The minimum atomic E-state index is -0.370. The van der Waals surface area contributed by atoms with Gasteiger partial charge in [0.25, 0.3) is 0 Å². The lowest BCUT2D eigenvalue weighted by atomic mass is 10.2. The monoisotopic (exact) mass is 338 g/mol. The molecule has 0 aliphatic carbocycles. The van der Waals surface area contributed by atoms with Crippen molar-refractivity contribution < 1.29 is 9.18 Å². The Hall–Kier alpha value is -3.15. The molecule has 6 heteroatoms. The molecule has 0 unspecified atom stereocenters. The second kappa shape index (κ2) is 7.61. The van der Waals surface area contributed by atoms with Crippen LogP contribution in [0.3, 0.4) is 0 Å². The Morgan fingerprint density at radius 2 is 1.96 bits per heavy atom. The highest BCUT2D eigenvalue weighted by Gasteiger charge is 2.06. The van der Waals surface area contributed by atoms with E-state index in [1.165, 1.54) is 24.6 Å². The molecule has 1 amide bonds. The Labute approximate surface area is 145 Å². The SMILES string of the molecule is CC(=O)Nc1ccc(F)c(NCc2cnn(Cc3ccccc3)c2)c1. The first-order valence-electron chi connectivity index (χ1n) is 7.96. The zero-order valence-corrected chi connectivity index (χ0v) is 13.9. The van der Waals surface area contributed by atoms with Crippen LogP contribution in [0.4, 0.5) is 15.8 Å². The normalized spacial score (nSPS) is 10.5. The first-order valence-corrected chi connectivity index (χ1v) is 7.96. The molecule has 0 fully saturated rings. The summed E-state index contributed by atoms with van der Waals surface area (Å²) in [7, 11) is 0. The van der Waals surface area contributed by atoms with E-state index in [2.05, 4.69) is 15.7 Å². The number of hydrogen-bond acceptors (Lipinski definition) is 3. The molecular formula is C19H19FN4O. The highest BCUT2D eigenvalue weighted by molar-refractivity contribution is 5.89. The molecule has 0 bridgehead atoms. The van der Waals surface area contributed by atoms with Gasteiger partial charge in [-0.1, -0.05) is 30.3 Å². The number of anilines is 2. The summed E-state index contributed by atoms with van der Waals surface area (Å²) in [6.45, 7) is 2.54. The topological polar surface area (TPSA) is 59.0 Å². The van der Waals surface area contributed by atoms with Crippen molar-refractivity contribution in [2.75, 3.05) is 10.6 Å². The zero-order valence-electron chi connectivity index (χ0n) is 13.9. The van der Waals surface area contributed by atoms with Crippen LogP contribution in [0.25, 0.3) is 0 Å². The van der Waals surface area contributed by atoms with E-state index in [9.17, 15) is 9.18 Å². The Bertz CT molecular complexity index is 861. The Balaban J connectivity index is 1.63. The molecule has 3 aromatic rings. The van der Waals surface area contributed by atoms with Crippen molar-refractivity contribution >= 4 is 17.3 Å². The third-order valence-electron chi connectivity index (χ3n) is 3.64. The molecule has 0 saturated carbocycles. The summed E-state index contributed by atoms with van der Waals surface area (Å²) in [5, 5.41) is 10.0. The number of carbonyl (C=O) groups is 1. The van der Waals surface area contributed by atoms with Gasteiger partial charge in [0.1, 0.15) is 5.82 Å². The molecule has 0 aliphatic heterocycles. The van der Waals surface area contributed by atoms with E-state index in [0.717, 1.165) is 5.56 Å². The first-order chi connectivity index (χ1) is 12.1. The van der Waals surface area contributed by atoms with Crippen LogP contribution in [-0.2, 0) is 17.9 Å². The van der Waals surface area contributed by atoms with Gasteiger partial charge >= 0.3 is 0 Å². The molecule has 25 heavy (non-hydrogen) atoms. The van der Waals surface area contributed by atoms with Crippen LogP contribution >= 0.6 is 0 Å². The van der Waals surface area contributed by atoms with E-state index in [4.69, 9.17) is 0 Å². The van der Waals surface area contributed by atoms with Gasteiger partial charge in [-0.15, -0.1) is 0 Å². The summed E-state index contributed by atoms with van der Waals surface area (Å²) >= 11 is 0. The Morgan fingerprint density at radius 3 is 2.72 bits per heavy atom. The second-order valence-corrected chi connectivity index (χ2v) is 5.76. The van der Waals surface area contributed by atoms with Crippen molar-refractivity contribution in [3.8, 4) is 0 Å². The van der Waals surface area contributed by atoms with Crippen LogP contribution in [0.1, 0.15) is 18.1 Å². The highest BCUT2D eigenvalue weighted by Crippen LogP contribution is 2.20. The van der Waals surface area contributed by atoms with Crippen molar-refractivity contribution in [2.45, 2.75) is 20.0 Å². The van der Waals surface area contributed by atoms with Gasteiger partial charge in [-0.25, -0.2) is 4.39 Å². The number of rotatable bonds is 6. The highest BCUT2D eigenvalue weighted by atomic mass is 19.1. The summed E-state index contributed by atoms with van der Waals surface area (Å²) < 4.78 is 15.8. The third-order valence-corrected chi connectivity index (χ3v) is 3.64. The van der Waals surface area contributed by atoms with Gasteiger partial charge in [-0.05, 0) is 23.8 Å². The molecular weight excluding hydrogens is 319 g/mol. The van der Waals surface area contributed by atoms with E-state index in [1.807, 2.05) is 41.2 Å². The largest absolute Gasteiger partial charge is 0.378 e. The van der Waals surface area contributed by atoms with Crippen LogP contribution < -0.4 is 10.6 Å². The molecule has 0 aliphatic rings. The maximum absolute atomic E-state index is 13.9. The third kappa shape index (κ3) is 4.67. The molecule has 2 aromatic carbocycles. The molecule has 0 spiro atoms. The maximum Gasteiger partial charge on any atom is 0.221 e. The maximum atomic E-state index is 13.9. The first kappa shape index (κ1) is 16.7. The van der Waals surface area contributed by atoms with E-state index in [0.29, 0.717) is 24.5 Å². The van der Waals surface area contributed by atoms with E-state index in [1.54, 1.807) is 12.3 Å². The lowest BCUT2D eigenvalue weighted by Crippen LogP contribution is -2.07. The fourth-order valence-electron chi connectivity index (χ4n) is 2.49. The van der Waals surface area contributed by atoms with E-state index < -0.39 is 0 Å².